The molecular weight excluding hydrogens is 409 g/mol. The quantitative estimate of drug-likeness (QED) is 0.415. The van der Waals surface area contributed by atoms with Crippen molar-refractivity contribution < 1.29 is 18.0 Å². The van der Waals surface area contributed by atoms with Gasteiger partial charge in [0.05, 0.1) is 15.8 Å². The second kappa shape index (κ2) is 7.99. The molecule has 7 heteroatoms. The number of nitrogens with zero attached hydrogens (tertiary/aromatic N) is 1. The lowest BCUT2D eigenvalue weighted by Crippen LogP contribution is -2.25. The molecule has 0 saturated carbocycles. The molecule has 0 spiro atoms. The molecule has 0 aliphatic heterocycles. The summed E-state index contributed by atoms with van der Waals surface area (Å²) >= 11 is 1.52. The number of thiophene rings is 1. The summed E-state index contributed by atoms with van der Waals surface area (Å²) < 4.78 is 41.3. The number of nitrogens with one attached hydrogen (secondary N) is 1. The summed E-state index contributed by atoms with van der Waals surface area (Å²) in [6.07, 6.45) is -4.37. The maximum absolute atomic E-state index is 12.9. The molecule has 2 aromatic heterocycles. The number of aromatic nitrogens is 1. The third kappa shape index (κ3) is 4.26. The number of benzene rings is 2. The molecule has 0 aliphatic carbocycles. The highest BCUT2D eigenvalue weighted by molar-refractivity contribution is 7.17. The van der Waals surface area contributed by atoms with Gasteiger partial charge < -0.3 is 9.88 Å². The van der Waals surface area contributed by atoms with Crippen LogP contribution in [0.2, 0.25) is 0 Å². The average molecular weight is 428 g/mol. The van der Waals surface area contributed by atoms with Crippen LogP contribution >= 0.6 is 11.3 Å². The van der Waals surface area contributed by atoms with E-state index >= 15 is 0 Å². The minimum Gasteiger partial charge on any atom is -0.347 e. The minimum atomic E-state index is -4.37. The van der Waals surface area contributed by atoms with Crippen LogP contribution < -0.4 is 5.32 Å². The number of aryl methyl sites for hydroxylation is 1. The van der Waals surface area contributed by atoms with Gasteiger partial charge in [0, 0.05) is 13.1 Å². The maximum atomic E-state index is 12.9. The fraction of sp³-hybridized carbons (Fsp3) is 0.174. The summed E-state index contributed by atoms with van der Waals surface area (Å²) in [6.45, 7) is 2.71. The van der Waals surface area contributed by atoms with E-state index in [-0.39, 0.29) is 5.91 Å². The molecule has 0 radical (unpaired) electrons. The molecule has 4 aromatic rings. The largest absolute Gasteiger partial charge is 0.416 e. The summed E-state index contributed by atoms with van der Waals surface area (Å²) in [7, 11) is 0. The van der Waals surface area contributed by atoms with Crippen molar-refractivity contribution in [1.82, 2.24) is 9.88 Å². The molecule has 3 nitrogen and oxygen atoms in total. The van der Waals surface area contributed by atoms with Gasteiger partial charge in [-0.2, -0.15) is 13.2 Å². The lowest BCUT2D eigenvalue weighted by atomic mass is 10.1. The molecule has 2 heterocycles. The Morgan fingerprint density at radius 2 is 1.80 bits per heavy atom. The number of carbonyl (C=O) groups is 1. The Balaban J connectivity index is 1.58. The Morgan fingerprint density at radius 3 is 2.50 bits per heavy atom. The molecule has 0 aliphatic rings. The average Bonchev–Trinajstić information content (AvgIpc) is 3.29. The van der Waals surface area contributed by atoms with Crippen LogP contribution in [0.4, 0.5) is 13.2 Å². The van der Waals surface area contributed by atoms with Crippen molar-refractivity contribution in [2.75, 3.05) is 0 Å². The van der Waals surface area contributed by atoms with Crippen molar-refractivity contribution in [2.24, 2.45) is 0 Å². The van der Waals surface area contributed by atoms with Crippen LogP contribution in [0.25, 0.3) is 10.2 Å². The molecule has 0 unspecified atom stereocenters. The van der Waals surface area contributed by atoms with Gasteiger partial charge in [-0.15, -0.1) is 11.3 Å². The smallest absolute Gasteiger partial charge is 0.347 e. The van der Waals surface area contributed by atoms with Crippen LogP contribution in [0.3, 0.4) is 0 Å². The van der Waals surface area contributed by atoms with Crippen molar-refractivity contribution in [3.8, 4) is 0 Å². The highest BCUT2D eigenvalue weighted by Crippen LogP contribution is 2.30. The van der Waals surface area contributed by atoms with Gasteiger partial charge in [0.2, 0.25) is 0 Å². The zero-order valence-electron chi connectivity index (χ0n) is 16.2. The number of amides is 1. The van der Waals surface area contributed by atoms with Crippen LogP contribution in [0.1, 0.15) is 32.7 Å². The van der Waals surface area contributed by atoms with Crippen LogP contribution in [0, 0.1) is 6.92 Å². The van der Waals surface area contributed by atoms with E-state index in [1.807, 2.05) is 53.3 Å². The Labute approximate surface area is 175 Å². The number of rotatable bonds is 5. The van der Waals surface area contributed by atoms with Crippen molar-refractivity contribution in [3.05, 3.63) is 94.0 Å². The second-order valence-electron chi connectivity index (χ2n) is 7.15. The topological polar surface area (TPSA) is 34.0 Å². The molecule has 0 bridgehead atoms. The zero-order chi connectivity index (χ0) is 21.3. The van der Waals surface area contributed by atoms with Gasteiger partial charge >= 0.3 is 6.18 Å². The van der Waals surface area contributed by atoms with Gasteiger partial charge in [0.25, 0.3) is 5.91 Å². The van der Waals surface area contributed by atoms with Crippen molar-refractivity contribution in [2.45, 2.75) is 26.2 Å². The minimum absolute atomic E-state index is 0.216. The number of hydrogen-bond donors (Lipinski definition) is 1. The van der Waals surface area contributed by atoms with Crippen LogP contribution in [0.15, 0.2) is 66.0 Å². The number of hydrogen-bond acceptors (Lipinski definition) is 2. The Hall–Kier alpha value is -3.06. The highest BCUT2D eigenvalue weighted by Gasteiger charge is 2.30. The molecule has 30 heavy (non-hydrogen) atoms. The lowest BCUT2D eigenvalue weighted by Gasteiger charge is -2.12. The van der Waals surface area contributed by atoms with E-state index in [9.17, 15) is 18.0 Å². The Kier molecular flexibility index (Phi) is 5.39. The molecule has 0 atom stereocenters. The van der Waals surface area contributed by atoms with Gasteiger partial charge in [0.15, 0.2) is 0 Å². The maximum Gasteiger partial charge on any atom is 0.416 e. The molecule has 1 amide bonds. The van der Waals surface area contributed by atoms with Gasteiger partial charge in [-0.25, -0.2) is 0 Å². The highest BCUT2D eigenvalue weighted by atomic mass is 32.1. The monoisotopic (exact) mass is 428 g/mol. The first kappa shape index (κ1) is 20.2. The summed E-state index contributed by atoms with van der Waals surface area (Å²) in [6, 6.07) is 16.7. The number of carbonyl (C=O) groups excluding carboxylic acids is 1. The van der Waals surface area contributed by atoms with Gasteiger partial charge in [-0.3, -0.25) is 4.79 Å². The zero-order valence-corrected chi connectivity index (χ0v) is 17.0. The number of alkyl halides is 3. The molecule has 154 valence electrons. The van der Waals surface area contributed by atoms with Crippen LogP contribution in [-0.4, -0.2) is 10.5 Å². The molecule has 0 fully saturated rings. The second-order valence-corrected chi connectivity index (χ2v) is 8.10. The van der Waals surface area contributed by atoms with E-state index in [0.29, 0.717) is 24.3 Å². The fourth-order valence-corrected chi connectivity index (χ4v) is 4.23. The van der Waals surface area contributed by atoms with E-state index < -0.39 is 11.7 Å². The predicted molar refractivity (Wildman–Crippen MR) is 113 cm³/mol. The first-order chi connectivity index (χ1) is 14.3. The molecule has 4 rings (SSSR count). The molecule has 0 saturated heterocycles. The standard InChI is InChI=1S/C23H19F3N2OS/c1-15-3-2-4-17(11-15)13-27-22(29)20-12-21-19(9-10-30-21)28(20)14-16-5-7-18(8-6-16)23(24,25)26/h2-12H,13-14H2,1H3,(H,27,29). The summed E-state index contributed by atoms with van der Waals surface area (Å²) in [5, 5.41) is 4.88. The summed E-state index contributed by atoms with van der Waals surface area (Å²) in [4.78, 5) is 12.9. The molecular formula is C23H19F3N2OS. The van der Waals surface area contributed by atoms with Crippen LogP contribution in [0.5, 0.6) is 0 Å². The van der Waals surface area contributed by atoms with E-state index in [1.165, 1.54) is 23.5 Å². The van der Waals surface area contributed by atoms with E-state index in [0.717, 1.165) is 33.5 Å². The van der Waals surface area contributed by atoms with Gasteiger partial charge in [-0.05, 0) is 47.7 Å². The summed E-state index contributed by atoms with van der Waals surface area (Å²) in [5.74, 6) is -0.216. The van der Waals surface area contributed by atoms with Crippen LogP contribution in [-0.2, 0) is 19.3 Å². The lowest BCUT2D eigenvalue weighted by molar-refractivity contribution is -0.137. The van der Waals surface area contributed by atoms with E-state index in [2.05, 4.69) is 5.32 Å². The van der Waals surface area contributed by atoms with Crippen molar-refractivity contribution >= 4 is 27.5 Å². The molecule has 2 aromatic carbocycles. The first-order valence-electron chi connectivity index (χ1n) is 9.38. The SMILES string of the molecule is Cc1cccc(CNC(=O)c2cc3sccc3n2Cc2ccc(C(F)(F)F)cc2)c1. The summed E-state index contributed by atoms with van der Waals surface area (Å²) in [5.41, 5.74) is 3.51. The first-order valence-corrected chi connectivity index (χ1v) is 10.3. The van der Waals surface area contributed by atoms with Gasteiger partial charge in [-0.1, -0.05) is 42.0 Å². The van der Waals surface area contributed by atoms with Crippen molar-refractivity contribution in [1.29, 1.82) is 0 Å². The van der Waals surface area contributed by atoms with Crippen molar-refractivity contribution in [3.63, 3.8) is 0 Å². The fourth-order valence-electron chi connectivity index (χ4n) is 3.41. The number of halogens is 3. The Bertz CT molecular complexity index is 1190. The molecule has 1 N–H and O–H groups in total. The number of fused-ring (bicyclic) bond motifs is 1. The van der Waals surface area contributed by atoms with E-state index in [1.54, 1.807) is 0 Å². The predicted octanol–water partition coefficient (Wildman–Crippen LogP) is 6.01. The third-order valence-electron chi connectivity index (χ3n) is 4.91. The Morgan fingerprint density at radius 1 is 1.03 bits per heavy atom. The van der Waals surface area contributed by atoms with Gasteiger partial charge in [0.1, 0.15) is 5.69 Å². The van der Waals surface area contributed by atoms with E-state index in [4.69, 9.17) is 0 Å². The third-order valence-corrected chi connectivity index (χ3v) is 5.77. The normalized spacial score (nSPS) is 11.7.